The predicted molar refractivity (Wildman–Crippen MR) is 79.2 cm³/mol. The van der Waals surface area contributed by atoms with Gasteiger partial charge in [-0.1, -0.05) is 5.16 Å². The molecule has 7 heteroatoms. The van der Waals surface area contributed by atoms with Gasteiger partial charge in [-0.15, -0.1) is 0 Å². The Morgan fingerprint density at radius 3 is 2.85 bits per heavy atom. The Kier molecular flexibility index (Phi) is 3.95. The van der Waals surface area contributed by atoms with E-state index in [1.54, 1.807) is 12.4 Å². The molecule has 102 valence electrons. The van der Waals surface area contributed by atoms with E-state index in [9.17, 15) is 0 Å². The third-order valence-electron chi connectivity index (χ3n) is 2.60. The van der Waals surface area contributed by atoms with Crippen molar-refractivity contribution in [3.8, 4) is 5.75 Å². The van der Waals surface area contributed by atoms with Gasteiger partial charge in [0.2, 0.25) is 0 Å². The normalized spacial score (nSPS) is 10.7. The summed E-state index contributed by atoms with van der Waals surface area (Å²) < 4.78 is 11.9. The summed E-state index contributed by atoms with van der Waals surface area (Å²) in [6.07, 6.45) is 4.12. The highest BCUT2D eigenvalue weighted by Gasteiger charge is 2.08. The smallest absolute Gasteiger partial charge is 0.264 e. The number of nitrogens with zero attached hydrogens (tertiary/aromatic N) is 3. The third kappa shape index (κ3) is 3.35. The molecule has 0 saturated heterocycles. The SMILES string of the molecule is Ic1ccc(OCc2nc(Cc3cn[nH]c3)no2)cc1. The Morgan fingerprint density at radius 1 is 1.25 bits per heavy atom. The lowest BCUT2D eigenvalue weighted by molar-refractivity contribution is 0.242. The van der Waals surface area contributed by atoms with Crippen molar-refractivity contribution < 1.29 is 9.26 Å². The maximum atomic E-state index is 5.58. The van der Waals surface area contributed by atoms with Gasteiger partial charge >= 0.3 is 0 Å². The number of aromatic nitrogens is 4. The topological polar surface area (TPSA) is 76.8 Å². The van der Waals surface area contributed by atoms with E-state index in [-0.39, 0.29) is 6.61 Å². The summed E-state index contributed by atoms with van der Waals surface area (Å²) in [6.45, 7) is 0.263. The number of rotatable bonds is 5. The van der Waals surface area contributed by atoms with Gasteiger partial charge in [0, 0.05) is 16.2 Å². The van der Waals surface area contributed by atoms with Crippen LogP contribution in [0.4, 0.5) is 0 Å². The summed E-state index contributed by atoms with van der Waals surface area (Å²) in [4.78, 5) is 4.27. The second-order valence-corrected chi connectivity index (χ2v) is 5.38. The fraction of sp³-hybridized carbons (Fsp3) is 0.154. The summed E-state index contributed by atoms with van der Waals surface area (Å²) in [6, 6.07) is 7.77. The summed E-state index contributed by atoms with van der Waals surface area (Å²) in [5.74, 6) is 1.86. The molecule has 0 bridgehead atoms. The first-order valence-corrected chi connectivity index (χ1v) is 7.05. The lowest BCUT2D eigenvalue weighted by atomic mass is 10.2. The van der Waals surface area contributed by atoms with Crippen LogP contribution in [0.5, 0.6) is 5.75 Å². The van der Waals surface area contributed by atoms with Crippen molar-refractivity contribution in [2.24, 2.45) is 0 Å². The molecule has 0 radical (unpaired) electrons. The van der Waals surface area contributed by atoms with Gasteiger partial charge in [0.1, 0.15) is 5.75 Å². The van der Waals surface area contributed by atoms with E-state index in [2.05, 4.69) is 42.9 Å². The fourth-order valence-corrected chi connectivity index (χ4v) is 2.01. The summed E-state index contributed by atoms with van der Waals surface area (Å²) in [7, 11) is 0. The monoisotopic (exact) mass is 382 g/mol. The quantitative estimate of drug-likeness (QED) is 0.687. The Hall–Kier alpha value is -1.90. The van der Waals surface area contributed by atoms with Crippen LogP contribution in [0.1, 0.15) is 17.3 Å². The highest BCUT2D eigenvalue weighted by Crippen LogP contribution is 2.15. The van der Waals surface area contributed by atoms with Gasteiger partial charge in [-0.05, 0) is 52.4 Å². The number of aromatic amines is 1. The maximum Gasteiger partial charge on any atom is 0.264 e. The zero-order chi connectivity index (χ0) is 13.8. The van der Waals surface area contributed by atoms with Crippen molar-refractivity contribution >= 4 is 22.6 Å². The fourth-order valence-electron chi connectivity index (χ4n) is 1.65. The number of ether oxygens (including phenoxy) is 1. The molecular formula is C13H11IN4O2. The van der Waals surface area contributed by atoms with Crippen molar-refractivity contribution in [1.29, 1.82) is 0 Å². The van der Waals surface area contributed by atoms with Crippen LogP contribution in [-0.4, -0.2) is 20.3 Å². The lowest BCUT2D eigenvalue weighted by Gasteiger charge is -2.02. The second kappa shape index (κ2) is 6.04. The third-order valence-corrected chi connectivity index (χ3v) is 3.32. The van der Waals surface area contributed by atoms with E-state index in [4.69, 9.17) is 9.26 Å². The Morgan fingerprint density at radius 2 is 2.10 bits per heavy atom. The minimum atomic E-state index is 0.263. The van der Waals surface area contributed by atoms with Crippen LogP contribution in [-0.2, 0) is 13.0 Å². The van der Waals surface area contributed by atoms with Gasteiger partial charge < -0.3 is 9.26 Å². The van der Waals surface area contributed by atoms with E-state index in [1.165, 1.54) is 0 Å². The van der Waals surface area contributed by atoms with Crippen LogP contribution in [0.15, 0.2) is 41.2 Å². The molecule has 2 aromatic heterocycles. The zero-order valence-electron chi connectivity index (χ0n) is 10.4. The molecule has 1 aromatic carbocycles. The van der Waals surface area contributed by atoms with Crippen LogP contribution >= 0.6 is 22.6 Å². The average Bonchev–Trinajstić information content (AvgIpc) is 3.11. The van der Waals surface area contributed by atoms with Gasteiger partial charge in [-0.3, -0.25) is 5.10 Å². The molecule has 1 N–H and O–H groups in total. The number of H-pyrrole nitrogens is 1. The Bertz CT molecular complexity index is 664. The second-order valence-electron chi connectivity index (χ2n) is 4.13. The molecule has 20 heavy (non-hydrogen) atoms. The van der Waals surface area contributed by atoms with Crippen LogP contribution in [0.25, 0.3) is 0 Å². The predicted octanol–water partition coefficient (Wildman–Crippen LogP) is 2.57. The van der Waals surface area contributed by atoms with Crippen molar-refractivity contribution in [2.45, 2.75) is 13.0 Å². The highest BCUT2D eigenvalue weighted by atomic mass is 127. The molecule has 0 saturated carbocycles. The first kappa shape index (κ1) is 13.1. The molecule has 6 nitrogen and oxygen atoms in total. The van der Waals surface area contributed by atoms with E-state index < -0.39 is 0 Å². The number of hydrogen-bond donors (Lipinski definition) is 1. The molecule has 2 heterocycles. The average molecular weight is 382 g/mol. The molecule has 3 aromatic rings. The molecule has 0 fully saturated rings. The molecular weight excluding hydrogens is 371 g/mol. The van der Waals surface area contributed by atoms with Crippen LogP contribution in [0.3, 0.4) is 0 Å². The number of hydrogen-bond acceptors (Lipinski definition) is 5. The lowest BCUT2D eigenvalue weighted by Crippen LogP contribution is -1.96. The molecule has 0 aliphatic heterocycles. The molecule has 0 amide bonds. The molecule has 0 aliphatic rings. The minimum absolute atomic E-state index is 0.263. The van der Waals surface area contributed by atoms with Gasteiger partial charge in [-0.25, -0.2) is 0 Å². The number of benzene rings is 1. The van der Waals surface area contributed by atoms with Gasteiger partial charge in [0.15, 0.2) is 12.4 Å². The zero-order valence-corrected chi connectivity index (χ0v) is 12.6. The Labute approximate surface area is 128 Å². The maximum absolute atomic E-state index is 5.58. The summed E-state index contributed by atoms with van der Waals surface area (Å²) in [5.41, 5.74) is 1.01. The molecule has 0 unspecified atom stereocenters. The molecule has 3 rings (SSSR count). The minimum Gasteiger partial charge on any atom is -0.484 e. The largest absolute Gasteiger partial charge is 0.484 e. The van der Waals surface area contributed by atoms with E-state index in [1.807, 2.05) is 24.3 Å². The first-order chi connectivity index (χ1) is 9.79. The van der Waals surface area contributed by atoms with E-state index in [0.717, 1.165) is 14.9 Å². The number of nitrogens with one attached hydrogen (secondary N) is 1. The number of halogens is 1. The van der Waals surface area contributed by atoms with Gasteiger partial charge in [-0.2, -0.15) is 10.1 Å². The van der Waals surface area contributed by atoms with Gasteiger partial charge in [0.25, 0.3) is 5.89 Å². The standard InChI is InChI=1S/C13H11IN4O2/c14-10-1-3-11(4-2-10)19-8-13-17-12(18-20-13)5-9-6-15-16-7-9/h1-4,6-7H,5,8H2,(H,15,16). The van der Waals surface area contributed by atoms with Crippen LogP contribution < -0.4 is 4.74 Å². The van der Waals surface area contributed by atoms with E-state index in [0.29, 0.717) is 18.1 Å². The van der Waals surface area contributed by atoms with Crippen molar-refractivity contribution in [1.82, 2.24) is 20.3 Å². The highest BCUT2D eigenvalue weighted by molar-refractivity contribution is 14.1. The van der Waals surface area contributed by atoms with Gasteiger partial charge in [0.05, 0.1) is 6.20 Å². The van der Waals surface area contributed by atoms with Crippen LogP contribution in [0.2, 0.25) is 0 Å². The molecule has 0 atom stereocenters. The summed E-state index contributed by atoms with van der Waals surface area (Å²) >= 11 is 2.25. The first-order valence-electron chi connectivity index (χ1n) is 5.97. The van der Waals surface area contributed by atoms with Crippen molar-refractivity contribution in [2.75, 3.05) is 0 Å². The van der Waals surface area contributed by atoms with E-state index >= 15 is 0 Å². The van der Waals surface area contributed by atoms with Crippen molar-refractivity contribution in [3.05, 3.63) is 57.5 Å². The summed E-state index contributed by atoms with van der Waals surface area (Å²) in [5, 5.41) is 10.5. The van der Waals surface area contributed by atoms with Crippen molar-refractivity contribution in [3.63, 3.8) is 0 Å². The molecule has 0 aliphatic carbocycles. The Balaban J connectivity index is 1.58. The van der Waals surface area contributed by atoms with Crippen LogP contribution in [0, 0.1) is 3.57 Å². The molecule has 0 spiro atoms.